The van der Waals surface area contributed by atoms with Crippen LogP contribution in [0, 0.1) is 12.7 Å². The zero-order chi connectivity index (χ0) is 21.0. The Balaban J connectivity index is 1.69. The highest BCUT2D eigenvalue weighted by molar-refractivity contribution is 5.81. The Kier molecular flexibility index (Phi) is 6.75. The smallest absolute Gasteiger partial charge is 0.261 e. The van der Waals surface area contributed by atoms with Crippen molar-refractivity contribution in [3.63, 3.8) is 0 Å². The van der Waals surface area contributed by atoms with E-state index in [2.05, 4.69) is 22.2 Å². The molecule has 2 aromatic carbocycles. The standard InChI is InChI=1S/C23H30FN3O2/c1-16-5-8-20(9-6-16)29-18(3)23(28)25-17(2)21-15-19(24)7-10-22(21)27-13-11-26(4)12-14-27/h5-10,15,17-18H,11-14H2,1-4H3,(H,25,28). The average Bonchev–Trinajstić information content (AvgIpc) is 2.70. The normalized spacial score (nSPS) is 16.9. The highest BCUT2D eigenvalue weighted by atomic mass is 19.1. The molecule has 1 heterocycles. The van der Waals surface area contributed by atoms with Gasteiger partial charge in [0.15, 0.2) is 6.10 Å². The topological polar surface area (TPSA) is 44.8 Å². The Bertz CT molecular complexity index is 833. The van der Waals surface area contributed by atoms with E-state index in [0.29, 0.717) is 5.75 Å². The van der Waals surface area contributed by atoms with Crippen molar-refractivity contribution in [2.75, 3.05) is 38.1 Å². The van der Waals surface area contributed by atoms with Crippen molar-refractivity contribution in [1.29, 1.82) is 0 Å². The van der Waals surface area contributed by atoms with Gasteiger partial charge in [-0.05, 0) is 58.2 Å². The van der Waals surface area contributed by atoms with Crippen molar-refractivity contribution >= 4 is 11.6 Å². The predicted molar refractivity (Wildman–Crippen MR) is 114 cm³/mol. The van der Waals surface area contributed by atoms with Crippen LogP contribution in [-0.2, 0) is 4.79 Å². The van der Waals surface area contributed by atoms with E-state index in [1.165, 1.54) is 12.1 Å². The third kappa shape index (κ3) is 5.48. The number of anilines is 1. The van der Waals surface area contributed by atoms with E-state index in [9.17, 15) is 9.18 Å². The number of aryl methyl sites for hydroxylation is 1. The third-order valence-corrected chi connectivity index (χ3v) is 5.36. The number of nitrogens with one attached hydrogen (secondary N) is 1. The molecule has 0 bridgehead atoms. The number of piperazine rings is 1. The molecular weight excluding hydrogens is 369 g/mol. The zero-order valence-electron chi connectivity index (χ0n) is 17.6. The molecule has 1 aliphatic heterocycles. The van der Waals surface area contributed by atoms with Crippen LogP contribution >= 0.6 is 0 Å². The van der Waals surface area contributed by atoms with E-state index in [4.69, 9.17) is 4.74 Å². The van der Waals surface area contributed by atoms with E-state index in [1.54, 1.807) is 6.92 Å². The lowest BCUT2D eigenvalue weighted by molar-refractivity contribution is -0.127. The summed E-state index contributed by atoms with van der Waals surface area (Å²) in [6.45, 7) is 9.27. The summed E-state index contributed by atoms with van der Waals surface area (Å²) in [6, 6.07) is 12.1. The van der Waals surface area contributed by atoms with Crippen LogP contribution in [0.3, 0.4) is 0 Å². The van der Waals surface area contributed by atoms with Gasteiger partial charge in [-0.25, -0.2) is 4.39 Å². The van der Waals surface area contributed by atoms with Gasteiger partial charge >= 0.3 is 0 Å². The molecule has 29 heavy (non-hydrogen) atoms. The number of halogens is 1. The molecule has 0 radical (unpaired) electrons. The lowest BCUT2D eigenvalue weighted by Crippen LogP contribution is -2.45. The van der Waals surface area contributed by atoms with Crippen LogP contribution in [0.4, 0.5) is 10.1 Å². The first kappa shape index (κ1) is 21.1. The molecule has 2 unspecified atom stereocenters. The van der Waals surface area contributed by atoms with Crippen molar-refractivity contribution in [2.24, 2.45) is 0 Å². The van der Waals surface area contributed by atoms with E-state index in [-0.39, 0.29) is 17.8 Å². The summed E-state index contributed by atoms with van der Waals surface area (Å²) in [6.07, 6.45) is -0.652. The molecule has 1 amide bonds. The maximum Gasteiger partial charge on any atom is 0.261 e. The zero-order valence-corrected chi connectivity index (χ0v) is 17.6. The molecule has 0 saturated carbocycles. The van der Waals surface area contributed by atoms with Gasteiger partial charge in [0.2, 0.25) is 0 Å². The monoisotopic (exact) mass is 399 g/mol. The minimum atomic E-state index is -0.652. The first-order valence-electron chi connectivity index (χ1n) is 10.1. The molecule has 5 nitrogen and oxygen atoms in total. The number of ether oxygens (including phenoxy) is 1. The maximum absolute atomic E-state index is 14.0. The largest absolute Gasteiger partial charge is 0.481 e. The first-order chi connectivity index (χ1) is 13.8. The number of benzene rings is 2. The summed E-state index contributed by atoms with van der Waals surface area (Å²) in [5, 5.41) is 2.98. The maximum atomic E-state index is 14.0. The SMILES string of the molecule is Cc1ccc(OC(C)C(=O)NC(C)c2cc(F)ccc2N2CCN(C)CC2)cc1. The van der Waals surface area contributed by atoms with Crippen LogP contribution in [0.25, 0.3) is 0 Å². The number of carbonyl (C=O) groups excluding carboxylic acids is 1. The average molecular weight is 400 g/mol. The van der Waals surface area contributed by atoms with Crippen molar-refractivity contribution in [3.05, 3.63) is 59.4 Å². The lowest BCUT2D eigenvalue weighted by Gasteiger charge is -2.36. The van der Waals surface area contributed by atoms with Gasteiger partial charge in [0.1, 0.15) is 11.6 Å². The summed E-state index contributed by atoms with van der Waals surface area (Å²) in [5.41, 5.74) is 2.88. The molecule has 1 aliphatic rings. The number of rotatable bonds is 6. The fourth-order valence-electron chi connectivity index (χ4n) is 3.49. The molecular formula is C23H30FN3O2. The number of amides is 1. The molecule has 2 aromatic rings. The molecule has 0 aliphatic carbocycles. The Morgan fingerprint density at radius 1 is 1.07 bits per heavy atom. The van der Waals surface area contributed by atoms with Crippen molar-refractivity contribution in [1.82, 2.24) is 10.2 Å². The second-order valence-corrected chi connectivity index (χ2v) is 7.80. The van der Waals surface area contributed by atoms with E-state index in [0.717, 1.165) is 43.0 Å². The molecule has 156 valence electrons. The molecule has 1 N–H and O–H groups in total. The Morgan fingerprint density at radius 3 is 2.38 bits per heavy atom. The van der Waals surface area contributed by atoms with Crippen LogP contribution in [0.2, 0.25) is 0 Å². The highest BCUT2D eigenvalue weighted by Crippen LogP contribution is 2.28. The second kappa shape index (κ2) is 9.27. The molecule has 1 saturated heterocycles. The fraction of sp³-hybridized carbons (Fsp3) is 0.435. The van der Waals surface area contributed by atoms with E-state index in [1.807, 2.05) is 44.2 Å². The Labute approximate surface area is 172 Å². The minimum absolute atomic E-state index is 0.230. The summed E-state index contributed by atoms with van der Waals surface area (Å²) < 4.78 is 19.7. The number of carbonyl (C=O) groups is 1. The van der Waals surface area contributed by atoms with Crippen LogP contribution in [-0.4, -0.2) is 50.1 Å². The van der Waals surface area contributed by atoms with Gasteiger partial charge in [0.25, 0.3) is 5.91 Å². The predicted octanol–water partition coefficient (Wildman–Crippen LogP) is 3.53. The fourth-order valence-corrected chi connectivity index (χ4v) is 3.49. The molecule has 2 atom stereocenters. The number of nitrogens with zero attached hydrogens (tertiary/aromatic N) is 2. The minimum Gasteiger partial charge on any atom is -0.481 e. The highest BCUT2D eigenvalue weighted by Gasteiger charge is 2.23. The van der Waals surface area contributed by atoms with Crippen LogP contribution in [0.5, 0.6) is 5.75 Å². The lowest BCUT2D eigenvalue weighted by atomic mass is 10.0. The van der Waals surface area contributed by atoms with Crippen LogP contribution < -0.4 is 15.0 Å². The van der Waals surface area contributed by atoms with Gasteiger partial charge in [-0.1, -0.05) is 17.7 Å². The van der Waals surface area contributed by atoms with Gasteiger partial charge in [-0.3, -0.25) is 4.79 Å². The summed E-state index contributed by atoms with van der Waals surface area (Å²) in [5.74, 6) is 0.115. The van der Waals surface area contributed by atoms with E-state index < -0.39 is 6.10 Å². The quantitative estimate of drug-likeness (QED) is 0.807. The molecule has 0 aromatic heterocycles. The van der Waals surface area contributed by atoms with Crippen molar-refractivity contribution < 1.29 is 13.9 Å². The Hall–Kier alpha value is -2.60. The molecule has 3 rings (SSSR count). The third-order valence-electron chi connectivity index (χ3n) is 5.36. The van der Waals surface area contributed by atoms with Crippen molar-refractivity contribution in [2.45, 2.75) is 32.9 Å². The van der Waals surface area contributed by atoms with Gasteiger partial charge in [0, 0.05) is 37.4 Å². The Morgan fingerprint density at radius 2 is 1.72 bits per heavy atom. The van der Waals surface area contributed by atoms with Crippen molar-refractivity contribution in [3.8, 4) is 5.75 Å². The molecule has 1 fully saturated rings. The first-order valence-corrected chi connectivity index (χ1v) is 10.1. The van der Waals surface area contributed by atoms with Crippen LogP contribution in [0.1, 0.15) is 31.0 Å². The number of hydrogen-bond donors (Lipinski definition) is 1. The molecule has 6 heteroatoms. The number of hydrogen-bond acceptors (Lipinski definition) is 4. The number of likely N-dealkylation sites (N-methyl/N-ethyl adjacent to an activating group) is 1. The summed E-state index contributed by atoms with van der Waals surface area (Å²) >= 11 is 0. The van der Waals surface area contributed by atoms with Gasteiger partial charge < -0.3 is 19.9 Å². The van der Waals surface area contributed by atoms with Gasteiger partial charge in [-0.2, -0.15) is 0 Å². The van der Waals surface area contributed by atoms with Crippen LogP contribution in [0.15, 0.2) is 42.5 Å². The molecule has 0 spiro atoms. The summed E-state index contributed by atoms with van der Waals surface area (Å²) in [7, 11) is 2.10. The van der Waals surface area contributed by atoms with Gasteiger partial charge in [0.05, 0.1) is 6.04 Å². The van der Waals surface area contributed by atoms with Gasteiger partial charge in [-0.15, -0.1) is 0 Å². The summed E-state index contributed by atoms with van der Waals surface area (Å²) in [4.78, 5) is 17.2. The van der Waals surface area contributed by atoms with E-state index >= 15 is 0 Å². The second-order valence-electron chi connectivity index (χ2n) is 7.80.